The molecule has 1 aromatic heterocycles. The molecule has 1 aliphatic rings. The summed E-state index contributed by atoms with van der Waals surface area (Å²) in [5.41, 5.74) is 0.684. The Labute approximate surface area is 68.2 Å². The molecule has 1 amide bonds. The fraction of sp³-hybridized carbons (Fsp3) is 0.143. The molecule has 1 aliphatic heterocycles. The number of thioether (sulfide) groups is 1. The molecule has 2 heterocycles. The molecule has 0 bridgehead atoms. The van der Waals surface area contributed by atoms with E-state index in [-0.39, 0.29) is 5.91 Å². The zero-order valence-corrected chi connectivity index (χ0v) is 6.52. The van der Waals surface area contributed by atoms with Crippen LogP contribution in [0.2, 0.25) is 0 Å². The maximum absolute atomic E-state index is 11.1. The third kappa shape index (κ3) is 1.09. The van der Waals surface area contributed by atoms with Crippen LogP contribution in [-0.4, -0.2) is 16.8 Å². The number of fused-ring (bicyclic) bond motifs is 1. The van der Waals surface area contributed by atoms with Crippen LogP contribution in [0.15, 0.2) is 23.4 Å². The van der Waals surface area contributed by atoms with Gasteiger partial charge in [0, 0.05) is 6.20 Å². The highest BCUT2D eigenvalue weighted by Gasteiger charge is 2.16. The van der Waals surface area contributed by atoms with Crippen LogP contribution in [-0.2, 0) is 0 Å². The minimum absolute atomic E-state index is 0.0214. The molecule has 0 spiro atoms. The lowest BCUT2D eigenvalue weighted by molar-refractivity contribution is 0.0954. The van der Waals surface area contributed by atoms with Crippen LogP contribution in [0, 0.1) is 0 Å². The quantitative estimate of drug-likeness (QED) is 0.622. The first kappa shape index (κ1) is 6.67. The number of pyridine rings is 1. The standard InChI is InChI=1S/C7H6N2OS/c10-6-5-2-1-3-8-7(5)11-4-9-6/h1-3H,4H2,(H,9,10). The molecule has 0 unspecified atom stereocenters. The molecule has 4 heteroatoms. The Bertz CT molecular complexity index is 300. The van der Waals surface area contributed by atoms with Crippen LogP contribution in [0.1, 0.15) is 10.4 Å². The predicted molar refractivity (Wildman–Crippen MR) is 42.4 cm³/mol. The van der Waals surface area contributed by atoms with E-state index >= 15 is 0 Å². The molecular weight excluding hydrogens is 160 g/mol. The van der Waals surface area contributed by atoms with Crippen molar-refractivity contribution >= 4 is 17.7 Å². The van der Waals surface area contributed by atoms with Crippen LogP contribution in [0.3, 0.4) is 0 Å². The third-order valence-electron chi connectivity index (χ3n) is 1.46. The van der Waals surface area contributed by atoms with Gasteiger partial charge in [-0.3, -0.25) is 4.79 Å². The zero-order chi connectivity index (χ0) is 7.68. The van der Waals surface area contributed by atoms with Gasteiger partial charge in [0.15, 0.2) is 0 Å². The van der Waals surface area contributed by atoms with Gasteiger partial charge in [-0.2, -0.15) is 0 Å². The SMILES string of the molecule is O=C1NCSc2ncccc21. The molecule has 0 saturated heterocycles. The van der Waals surface area contributed by atoms with E-state index in [0.29, 0.717) is 11.4 Å². The van der Waals surface area contributed by atoms with E-state index in [0.717, 1.165) is 5.03 Å². The minimum Gasteiger partial charge on any atom is -0.343 e. The summed E-state index contributed by atoms with van der Waals surface area (Å²) in [4.78, 5) is 15.2. The monoisotopic (exact) mass is 166 g/mol. The molecule has 1 aromatic rings. The van der Waals surface area contributed by atoms with E-state index in [1.54, 1.807) is 30.1 Å². The second-order valence-electron chi connectivity index (χ2n) is 2.15. The zero-order valence-electron chi connectivity index (χ0n) is 5.70. The highest BCUT2D eigenvalue weighted by atomic mass is 32.2. The van der Waals surface area contributed by atoms with Crippen molar-refractivity contribution < 1.29 is 4.79 Å². The fourth-order valence-corrected chi connectivity index (χ4v) is 1.74. The van der Waals surface area contributed by atoms with Crippen molar-refractivity contribution in [1.82, 2.24) is 10.3 Å². The Balaban J connectivity index is 2.52. The van der Waals surface area contributed by atoms with Crippen molar-refractivity contribution in [2.75, 3.05) is 5.88 Å². The number of carbonyl (C=O) groups is 1. The van der Waals surface area contributed by atoms with E-state index in [4.69, 9.17) is 0 Å². The summed E-state index contributed by atoms with van der Waals surface area (Å²) in [6, 6.07) is 3.55. The van der Waals surface area contributed by atoms with Gasteiger partial charge >= 0.3 is 0 Å². The molecule has 56 valence electrons. The number of hydrogen-bond donors (Lipinski definition) is 1. The van der Waals surface area contributed by atoms with Crippen molar-refractivity contribution in [3.63, 3.8) is 0 Å². The van der Waals surface area contributed by atoms with Crippen LogP contribution >= 0.6 is 11.8 Å². The van der Waals surface area contributed by atoms with Crippen LogP contribution in [0.4, 0.5) is 0 Å². The summed E-state index contributed by atoms with van der Waals surface area (Å²) in [7, 11) is 0. The molecule has 0 saturated carbocycles. The van der Waals surface area contributed by atoms with Crippen molar-refractivity contribution in [2.45, 2.75) is 5.03 Å². The van der Waals surface area contributed by atoms with Gasteiger partial charge in [0.2, 0.25) is 0 Å². The molecule has 0 aliphatic carbocycles. The van der Waals surface area contributed by atoms with E-state index in [1.807, 2.05) is 0 Å². The van der Waals surface area contributed by atoms with Crippen LogP contribution in [0.25, 0.3) is 0 Å². The Morgan fingerprint density at radius 1 is 1.64 bits per heavy atom. The van der Waals surface area contributed by atoms with Crippen molar-refractivity contribution in [3.8, 4) is 0 Å². The largest absolute Gasteiger partial charge is 0.343 e. The van der Waals surface area contributed by atoms with Gasteiger partial charge in [0.25, 0.3) is 5.91 Å². The first-order chi connectivity index (χ1) is 5.38. The lowest BCUT2D eigenvalue weighted by Gasteiger charge is -2.13. The Hall–Kier alpha value is -1.03. The van der Waals surface area contributed by atoms with Gasteiger partial charge in [0.1, 0.15) is 5.03 Å². The maximum atomic E-state index is 11.1. The molecule has 0 radical (unpaired) electrons. The smallest absolute Gasteiger partial charge is 0.254 e. The highest BCUT2D eigenvalue weighted by molar-refractivity contribution is 7.99. The average Bonchev–Trinajstić information content (AvgIpc) is 2.06. The number of carbonyl (C=O) groups excluding carboxylic acids is 1. The van der Waals surface area contributed by atoms with E-state index in [2.05, 4.69) is 10.3 Å². The molecule has 1 N–H and O–H groups in total. The third-order valence-corrected chi connectivity index (χ3v) is 2.34. The lowest BCUT2D eigenvalue weighted by Crippen LogP contribution is -2.27. The second kappa shape index (κ2) is 2.54. The summed E-state index contributed by atoms with van der Waals surface area (Å²) in [5, 5.41) is 3.55. The Morgan fingerprint density at radius 2 is 2.55 bits per heavy atom. The molecule has 3 nitrogen and oxygen atoms in total. The predicted octanol–water partition coefficient (Wildman–Crippen LogP) is 0.875. The summed E-state index contributed by atoms with van der Waals surface area (Å²) in [6.45, 7) is 0. The summed E-state index contributed by atoms with van der Waals surface area (Å²) >= 11 is 1.55. The van der Waals surface area contributed by atoms with Gasteiger partial charge in [0.05, 0.1) is 11.4 Å². The molecule has 0 aromatic carbocycles. The average molecular weight is 166 g/mol. The van der Waals surface area contributed by atoms with Gasteiger partial charge in [-0.25, -0.2) is 4.98 Å². The second-order valence-corrected chi connectivity index (χ2v) is 3.11. The summed E-state index contributed by atoms with van der Waals surface area (Å²) in [5.74, 6) is 0.606. The van der Waals surface area contributed by atoms with Crippen molar-refractivity contribution in [1.29, 1.82) is 0 Å². The fourth-order valence-electron chi connectivity index (χ4n) is 0.944. The normalized spacial score (nSPS) is 15.5. The maximum Gasteiger partial charge on any atom is 0.254 e. The first-order valence-corrected chi connectivity index (χ1v) is 4.22. The molecule has 0 fully saturated rings. The number of nitrogens with zero attached hydrogens (tertiary/aromatic N) is 1. The van der Waals surface area contributed by atoms with Gasteiger partial charge in [-0.05, 0) is 12.1 Å². The number of rotatable bonds is 0. The number of nitrogens with one attached hydrogen (secondary N) is 1. The number of amides is 1. The van der Waals surface area contributed by atoms with E-state index in [1.165, 1.54) is 0 Å². The van der Waals surface area contributed by atoms with Gasteiger partial charge in [-0.1, -0.05) is 11.8 Å². The number of aromatic nitrogens is 1. The van der Waals surface area contributed by atoms with Crippen molar-refractivity contribution in [2.24, 2.45) is 0 Å². The van der Waals surface area contributed by atoms with Gasteiger partial charge < -0.3 is 5.32 Å². The molecule has 2 rings (SSSR count). The summed E-state index contributed by atoms with van der Waals surface area (Å²) < 4.78 is 0. The molecular formula is C7H6N2OS. The van der Waals surface area contributed by atoms with E-state index in [9.17, 15) is 4.79 Å². The van der Waals surface area contributed by atoms with Crippen molar-refractivity contribution in [3.05, 3.63) is 23.9 Å². The Kier molecular flexibility index (Phi) is 1.54. The first-order valence-electron chi connectivity index (χ1n) is 3.24. The van der Waals surface area contributed by atoms with Crippen LogP contribution < -0.4 is 5.32 Å². The van der Waals surface area contributed by atoms with E-state index < -0.39 is 0 Å². The molecule has 11 heavy (non-hydrogen) atoms. The number of hydrogen-bond acceptors (Lipinski definition) is 3. The molecule has 0 atom stereocenters. The lowest BCUT2D eigenvalue weighted by atomic mass is 10.3. The minimum atomic E-state index is -0.0214. The van der Waals surface area contributed by atoms with Crippen LogP contribution in [0.5, 0.6) is 0 Å². The Morgan fingerprint density at radius 3 is 3.36 bits per heavy atom. The topological polar surface area (TPSA) is 42.0 Å². The highest BCUT2D eigenvalue weighted by Crippen LogP contribution is 2.22. The summed E-state index contributed by atoms with van der Waals surface area (Å²) in [6.07, 6.45) is 1.70. The van der Waals surface area contributed by atoms with Gasteiger partial charge in [-0.15, -0.1) is 0 Å².